The van der Waals surface area contributed by atoms with Crippen LogP contribution in [0.15, 0.2) is 30.3 Å². The predicted molar refractivity (Wildman–Crippen MR) is 59.9 cm³/mol. The van der Waals surface area contributed by atoms with Crippen LogP contribution in [0.2, 0.25) is 0 Å². The zero-order valence-corrected chi connectivity index (χ0v) is 9.77. The van der Waals surface area contributed by atoms with Gasteiger partial charge in [0, 0.05) is 0 Å². The SMILES string of the molecule is CC(C)OC(=O)[C@@H]1O[C@]1(C)c1ccccc1. The van der Waals surface area contributed by atoms with Gasteiger partial charge in [0.1, 0.15) is 5.60 Å². The van der Waals surface area contributed by atoms with Crippen molar-refractivity contribution in [3.8, 4) is 0 Å². The van der Waals surface area contributed by atoms with E-state index in [-0.39, 0.29) is 12.1 Å². The Hall–Kier alpha value is -1.35. The van der Waals surface area contributed by atoms with Crippen LogP contribution in [0.4, 0.5) is 0 Å². The summed E-state index contributed by atoms with van der Waals surface area (Å²) in [5.74, 6) is -0.277. The number of hydrogen-bond acceptors (Lipinski definition) is 3. The molecule has 0 bridgehead atoms. The number of esters is 1. The fourth-order valence-corrected chi connectivity index (χ4v) is 1.77. The molecule has 1 saturated heterocycles. The fourth-order valence-electron chi connectivity index (χ4n) is 1.77. The maximum Gasteiger partial charge on any atom is 0.338 e. The minimum Gasteiger partial charge on any atom is -0.461 e. The molecule has 0 aromatic heterocycles. The van der Waals surface area contributed by atoms with Crippen molar-refractivity contribution in [2.75, 3.05) is 0 Å². The highest BCUT2D eigenvalue weighted by molar-refractivity contribution is 5.80. The lowest BCUT2D eigenvalue weighted by Gasteiger charge is -2.08. The van der Waals surface area contributed by atoms with Gasteiger partial charge >= 0.3 is 5.97 Å². The molecule has 0 N–H and O–H groups in total. The molecule has 2 rings (SSSR count). The van der Waals surface area contributed by atoms with Gasteiger partial charge < -0.3 is 9.47 Å². The highest BCUT2D eigenvalue weighted by atomic mass is 16.7. The quantitative estimate of drug-likeness (QED) is 0.579. The van der Waals surface area contributed by atoms with Crippen molar-refractivity contribution in [3.05, 3.63) is 35.9 Å². The average molecular weight is 220 g/mol. The molecular weight excluding hydrogens is 204 g/mol. The van der Waals surface area contributed by atoms with Gasteiger partial charge in [0.15, 0.2) is 6.10 Å². The monoisotopic (exact) mass is 220 g/mol. The van der Waals surface area contributed by atoms with Crippen LogP contribution in [-0.4, -0.2) is 18.2 Å². The molecule has 3 nitrogen and oxygen atoms in total. The van der Waals surface area contributed by atoms with E-state index in [1.165, 1.54) is 0 Å². The van der Waals surface area contributed by atoms with E-state index in [0.29, 0.717) is 0 Å². The molecule has 0 spiro atoms. The summed E-state index contributed by atoms with van der Waals surface area (Å²) in [5.41, 5.74) is 0.508. The molecule has 0 unspecified atom stereocenters. The summed E-state index contributed by atoms with van der Waals surface area (Å²) in [5, 5.41) is 0. The largest absolute Gasteiger partial charge is 0.461 e. The van der Waals surface area contributed by atoms with E-state index in [1.54, 1.807) is 0 Å². The zero-order chi connectivity index (χ0) is 11.8. The van der Waals surface area contributed by atoms with Crippen molar-refractivity contribution in [2.45, 2.75) is 38.6 Å². The van der Waals surface area contributed by atoms with Crippen LogP contribution < -0.4 is 0 Å². The van der Waals surface area contributed by atoms with Gasteiger partial charge in [-0.15, -0.1) is 0 Å². The third-order valence-electron chi connectivity index (χ3n) is 2.72. The van der Waals surface area contributed by atoms with Crippen LogP contribution in [0.5, 0.6) is 0 Å². The van der Waals surface area contributed by atoms with Crippen LogP contribution in [-0.2, 0) is 19.9 Å². The topological polar surface area (TPSA) is 38.8 Å². The standard InChI is InChI=1S/C13H16O3/c1-9(2)15-12(14)11-13(3,16-11)10-7-5-4-6-8-10/h4-9,11H,1-3H3/t11-,13+/m0/s1. The van der Waals surface area contributed by atoms with E-state index >= 15 is 0 Å². The normalized spacial score (nSPS) is 27.9. The Morgan fingerprint density at radius 3 is 2.56 bits per heavy atom. The second kappa shape index (κ2) is 3.91. The van der Waals surface area contributed by atoms with Gasteiger partial charge in [-0.1, -0.05) is 30.3 Å². The van der Waals surface area contributed by atoms with Crippen molar-refractivity contribution in [3.63, 3.8) is 0 Å². The van der Waals surface area contributed by atoms with Gasteiger partial charge in [0.25, 0.3) is 0 Å². The van der Waals surface area contributed by atoms with E-state index in [2.05, 4.69) is 0 Å². The summed E-state index contributed by atoms with van der Waals surface area (Å²) in [6.07, 6.45) is -0.561. The molecule has 0 radical (unpaired) electrons. The summed E-state index contributed by atoms with van der Waals surface area (Å²) in [4.78, 5) is 11.7. The minimum atomic E-state index is -0.507. The van der Waals surface area contributed by atoms with Crippen LogP contribution in [0.25, 0.3) is 0 Å². The molecule has 1 fully saturated rings. The molecular formula is C13H16O3. The molecule has 2 atom stereocenters. The molecule has 1 aromatic rings. The van der Waals surface area contributed by atoms with Crippen molar-refractivity contribution < 1.29 is 14.3 Å². The number of benzene rings is 1. The number of ether oxygens (including phenoxy) is 2. The van der Waals surface area contributed by atoms with Crippen molar-refractivity contribution in [1.29, 1.82) is 0 Å². The maximum atomic E-state index is 11.7. The molecule has 86 valence electrons. The number of carbonyl (C=O) groups is 1. The van der Waals surface area contributed by atoms with Gasteiger partial charge in [-0.25, -0.2) is 4.79 Å². The number of rotatable bonds is 3. The second-order valence-electron chi connectivity index (χ2n) is 4.46. The first-order valence-electron chi connectivity index (χ1n) is 5.48. The zero-order valence-electron chi connectivity index (χ0n) is 9.77. The Balaban J connectivity index is 2.07. The fraction of sp³-hybridized carbons (Fsp3) is 0.462. The summed E-state index contributed by atoms with van der Waals surface area (Å²) in [7, 11) is 0. The smallest absolute Gasteiger partial charge is 0.338 e. The highest BCUT2D eigenvalue weighted by Crippen LogP contribution is 2.46. The Morgan fingerprint density at radius 2 is 2.00 bits per heavy atom. The van der Waals surface area contributed by atoms with Gasteiger partial charge in [-0.05, 0) is 26.3 Å². The first-order chi connectivity index (χ1) is 7.54. The Labute approximate surface area is 95.4 Å². The lowest BCUT2D eigenvalue weighted by molar-refractivity contribution is -0.148. The van der Waals surface area contributed by atoms with E-state index in [4.69, 9.17) is 9.47 Å². The second-order valence-corrected chi connectivity index (χ2v) is 4.46. The molecule has 16 heavy (non-hydrogen) atoms. The molecule has 1 aliphatic rings. The van der Waals surface area contributed by atoms with Gasteiger partial charge in [-0.2, -0.15) is 0 Å². The minimum absolute atomic E-state index is 0.100. The third-order valence-corrected chi connectivity index (χ3v) is 2.72. The van der Waals surface area contributed by atoms with Gasteiger partial charge in [-0.3, -0.25) is 0 Å². The van der Waals surface area contributed by atoms with Gasteiger partial charge in [0.05, 0.1) is 6.10 Å². The van der Waals surface area contributed by atoms with E-state index < -0.39 is 11.7 Å². The van der Waals surface area contributed by atoms with Crippen molar-refractivity contribution in [2.24, 2.45) is 0 Å². The van der Waals surface area contributed by atoms with E-state index in [0.717, 1.165) is 5.56 Å². The van der Waals surface area contributed by atoms with Crippen LogP contribution in [0.1, 0.15) is 26.3 Å². The Kier molecular flexibility index (Phi) is 2.72. The first-order valence-corrected chi connectivity index (χ1v) is 5.48. The van der Waals surface area contributed by atoms with Crippen molar-refractivity contribution in [1.82, 2.24) is 0 Å². The molecule has 1 aliphatic heterocycles. The molecule has 0 aliphatic carbocycles. The number of epoxide rings is 1. The third kappa shape index (κ3) is 1.95. The van der Waals surface area contributed by atoms with Crippen LogP contribution in [0, 0.1) is 0 Å². The van der Waals surface area contributed by atoms with E-state index in [1.807, 2.05) is 51.1 Å². The molecule has 3 heteroatoms. The summed E-state index contributed by atoms with van der Waals surface area (Å²) in [6.45, 7) is 5.58. The lowest BCUT2D eigenvalue weighted by Crippen LogP contribution is -2.21. The molecule has 1 aromatic carbocycles. The lowest BCUT2D eigenvalue weighted by atomic mass is 9.97. The van der Waals surface area contributed by atoms with E-state index in [9.17, 15) is 4.79 Å². The van der Waals surface area contributed by atoms with Crippen LogP contribution >= 0.6 is 0 Å². The van der Waals surface area contributed by atoms with Crippen LogP contribution in [0.3, 0.4) is 0 Å². The summed E-state index contributed by atoms with van der Waals surface area (Å²) >= 11 is 0. The predicted octanol–water partition coefficient (Wildman–Crippen LogP) is 2.25. The average Bonchev–Trinajstić information content (AvgIpc) is 2.93. The Morgan fingerprint density at radius 1 is 1.38 bits per heavy atom. The molecule has 0 saturated carbocycles. The molecule has 1 heterocycles. The Bertz CT molecular complexity index is 385. The summed E-state index contributed by atoms with van der Waals surface area (Å²) < 4.78 is 10.6. The van der Waals surface area contributed by atoms with Crippen molar-refractivity contribution >= 4 is 5.97 Å². The maximum absolute atomic E-state index is 11.7. The summed E-state index contributed by atoms with van der Waals surface area (Å²) in [6, 6.07) is 9.74. The number of carbonyl (C=O) groups excluding carboxylic acids is 1. The highest BCUT2D eigenvalue weighted by Gasteiger charge is 2.59. The number of hydrogen-bond donors (Lipinski definition) is 0. The molecule has 0 amide bonds. The van der Waals surface area contributed by atoms with Gasteiger partial charge in [0.2, 0.25) is 0 Å². The first kappa shape index (κ1) is 11.1.